The standard InChI is InChI=1S/C23H15BrFNO5/c24-18-2-1-3-19(21(18)22(27)28)26-23(29)30-12-17-11-15-10-14(6-9-20(15)31-17)13-4-7-16(25)8-5-13/h1-11H,12H2,(H,26,29)(H,27,28). The van der Waals surface area contributed by atoms with Crippen molar-refractivity contribution in [2.75, 3.05) is 5.32 Å². The van der Waals surface area contributed by atoms with Crippen LogP contribution in [0.15, 0.2) is 75.6 Å². The maximum absolute atomic E-state index is 13.1. The van der Waals surface area contributed by atoms with Gasteiger partial charge in [-0.05, 0) is 69.5 Å². The molecule has 0 saturated heterocycles. The molecule has 0 aliphatic rings. The summed E-state index contributed by atoms with van der Waals surface area (Å²) >= 11 is 3.15. The molecule has 1 heterocycles. The van der Waals surface area contributed by atoms with Crippen molar-refractivity contribution in [1.29, 1.82) is 0 Å². The summed E-state index contributed by atoms with van der Waals surface area (Å²) in [4.78, 5) is 23.5. The van der Waals surface area contributed by atoms with Gasteiger partial charge in [-0.15, -0.1) is 0 Å². The number of halogens is 2. The van der Waals surface area contributed by atoms with E-state index in [9.17, 15) is 19.1 Å². The molecule has 0 atom stereocenters. The van der Waals surface area contributed by atoms with Crippen molar-refractivity contribution < 1.29 is 28.2 Å². The lowest BCUT2D eigenvalue weighted by Gasteiger charge is -2.09. The first kappa shape index (κ1) is 20.6. The summed E-state index contributed by atoms with van der Waals surface area (Å²) < 4.78 is 24.3. The molecule has 31 heavy (non-hydrogen) atoms. The number of aromatic carboxylic acids is 1. The van der Waals surface area contributed by atoms with Crippen LogP contribution in [0.4, 0.5) is 14.9 Å². The number of furan rings is 1. The molecule has 0 radical (unpaired) electrons. The van der Waals surface area contributed by atoms with Gasteiger partial charge >= 0.3 is 12.1 Å². The van der Waals surface area contributed by atoms with Crippen molar-refractivity contribution >= 4 is 44.6 Å². The zero-order valence-electron chi connectivity index (χ0n) is 15.9. The van der Waals surface area contributed by atoms with Gasteiger partial charge in [0.05, 0.1) is 11.3 Å². The Morgan fingerprint density at radius 3 is 2.52 bits per heavy atom. The van der Waals surface area contributed by atoms with Crippen molar-refractivity contribution in [2.24, 2.45) is 0 Å². The number of anilines is 1. The van der Waals surface area contributed by atoms with E-state index in [1.54, 1.807) is 36.4 Å². The number of hydrogen-bond donors (Lipinski definition) is 2. The molecule has 156 valence electrons. The number of carbonyl (C=O) groups excluding carboxylic acids is 1. The average Bonchev–Trinajstić information content (AvgIpc) is 3.15. The summed E-state index contributed by atoms with van der Waals surface area (Å²) in [5.41, 5.74) is 2.42. The van der Waals surface area contributed by atoms with Crippen LogP contribution in [0.2, 0.25) is 0 Å². The smallest absolute Gasteiger partial charge is 0.412 e. The van der Waals surface area contributed by atoms with Crippen LogP contribution in [0, 0.1) is 5.82 Å². The third kappa shape index (κ3) is 4.59. The van der Waals surface area contributed by atoms with Crippen LogP contribution >= 0.6 is 15.9 Å². The Labute approximate surface area is 184 Å². The van der Waals surface area contributed by atoms with Crippen molar-refractivity contribution in [1.82, 2.24) is 0 Å². The van der Waals surface area contributed by atoms with E-state index < -0.39 is 12.1 Å². The minimum absolute atomic E-state index is 0.0727. The van der Waals surface area contributed by atoms with E-state index in [2.05, 4.69) is 21.2 Å². The molecule has 8 heteroatoms. The fourth-order valence-electron chi connectivity index (χ4n) is 3.12. The first-order chi connectivity index (χ1) is 14.9. The minimum atomic E-state index is -1.18. The highest BCUT2D eigenvalue weighted by Gasteiger charge is 2.17. The Kier molecular flexibility index (Phi) is 5.73. The van der Waals surface area contributed by atoms with Crippen molar-refractivity contribution in [3.05, 3.63) is 88.3 Å². The maximum Gasteiger partial charge on any atom is 0.412 e. The van der Waals surface area contributed by atoms with E-state index in [-0.39, 0.29) is 23.7 Å². The summed E-state index contributed by atoms with van der Waals surface area (Å²) in [7, 11) is 0. The second-order valence-electron chi connectivity index (χ2n) is 6.64. The third-order valence-electron chi connectivity index (χ3n) is 4.55. The lowest BCUT2D eigenvalue weighted by Crippen LogP contribution is -2.16. The summed E-state index contributed by atoms with van der Waals surface area (Å²) in [6.45, 7) is -0.136. The van der Waals surface area contributed by atoms with Gasteiger partial charge in [-0.3, -0.25) is 5.32 Å². The first-order valence-corrected chi connectivity index (χ1v) is 9.94. The zero-order valence-corrected chi connectivity index (χ0v) is 17.5. The molecular weight excluding hydrogens is 469 g/mol. The highest BCUT2D eigenvalue weighted by molar-refractivity contribution is 9.10. The zero-order chi connectivity index (χ0) is 22.0. The Bertz CT molecular complexity index is 1280. The van der Waals surface area contributed by atoms with E-state index in [4.69, 9.17) is 9.15 Å². The lowest BCUT2D eigenvalue weighted by molar-refractivity contribution is 0.0697. The number of carbonyl (C=O) groups is 2. The monoisotopic (exact) mass is 483 g/mol. The second kappa shape index (κ2) is 8.61. The molecule has 2 N–H and O–H groups in total. The number of carboxylic acids is 1. The summed E-state index contributed by atoms with van der Waals surface area (Å²) in [6.07, 6.45) is -0.812. The van der Waals surface area contributed by atoms with E-state index in [0.29, 0.717) is 15.8 Å². The Morgan fingerprint density at radius 2 is 1.77 bits per heavy atom. The van der Waals surface area contributed by atoms with Gasteiger partial charge in [0.25, 0.3) is 0 Å². The molecule has 0 spiro atoms. The van der Waals surface area contributed by atoms with Crippen LogP contribution in [-0.4, -0.2) is 17.2 Å². The van der Waals surface area contributed by atoms with Crippen molar-refractivity contribution in [2.45, 2.75) is 6.61 Å². The fourth-order valence-corrected chi connectivity index (χ4v) is 3.66. The van der Waals surface area contributed by atoms with Crippen LogP contribution < -0.4 is 5.32 Å². The second-order valence-corrected chi connectivity index (χ2v) is 7.50. The van der Waals surface area contributed by atoms with Crippen LogP contribution in [0.3, 0.4) is 0 Å². The molecule has 4 rings (SSSR count). The number of fused-ring (bicyclic) bond motifs is 1. The number of hydrogen-bond acceptors (Lipinski definition) is 4. The summed E-state index contributed by atoms with van der Waals surface area (Å²) in [6, 6.07) is 18.1. The van der Waals surface area contributed by atoms with Gasteiger partial charge in [-0.25, -0.2) is 14.0 Å². The van der Waals surface area contributed by atoms with Gasteiger partial charge in [0.15, 0.2) is 6.61 Å². The molecule has 0 fully saturated rings. The SMILES string of the molecule is O=C(Nc1cccc(Br)c1C(=O)O)OCc1cc2cc(-c3ccc(F)cc3)ccc2o1. The molecule has 1 aromatic heterocycles. The average molecular weight is 484 g/mol. The van der Waals surface area contributed by atoms with Gasteiger partial charge in [0.2, 0.25) is 0 Å². The van der Waals surface area contributed by atoms with E-state index >= 15 is 0 Å². The highest BCUT2D eigenvalue weighted by Crippen LogP contribution is 2.28. The molecule has 4 aromatic rings. The van der Waals surface area contributed by atoms with Gasteiger partial charge < -0.3 is 14.3 Å². The van der Waals surface area contributed by atoms with Crippen LogP contribution in [0.5, 0.6) is 0 Å². The number of ether oxygens (including phenoxy) is 1. The summed E-state index contributed by atoms with van der Waals surface area (Å²) in [5.74, 6) is -1.06. The largest absolute Gasteiger partial charge is 0.478 e. The topological polar surface area (TPSA) is 88.8 Å². The molecule has 0 bridgehead atoms. The molecule has 0 aliphatic heterocycles. The molecule has 3 aromatic carbocycles. The van der Waals surface area contributed by atoms with Crippen molar-refractivity contribution in [3.63, 3.8) is 0 Å². The van der Waals surface area contributed by atoms with Gasteiger partial charge in [0.1, 0.15) is 17.2 Å². The fraction of sp³-hybridized carbons (Fsp3) is 0.0435. The molecule has 6 nitrogen and oxygen atoms in total. The van der Waals surface area contributed by atoms with Gasteiger partial charge in [0, 0.05) is 9.86 Å². The number of carboxylic acid groups (broad SMARTS) is 1. The molecule has 1 amide bonds. The first-order valence-electron chi connectivity index (χ1n) is 9.15. The Morgan fingerprint density at radius 1 is 1.03 bits per heavy atom. The molecule has 0 unspecified atom stereocenters. The number of benzene rings is 3. The van der Waals surface area contributed by atoms with E-state index in [1.165, 1.54) is 18.2 Å². The molecule has 0 aliphatic carbocycles. The minimum Gasteiger partial charge on any atom is -0.478 e. The van der Waals surface area contributed by atoms with Crippen LogP contribution in [-0.2, 0) is 11.3 Å². The lowest BCUT2D eigenvalue weighted by atomic mass is 10.0. The predicted octanol–water partition coefficient (Wildman–Crippen LogP) is 6.45. The molecule has 0 saturated carbocycles. The highest BCUT2D eigenvalue weighted by atomic mass is 79.9. The van der Waals surface area contributed by atoms with Gasteiger partial charge in [-0.1, -0.05) is 24.3 Å². The predicted molar refractivity (Wildman–Crippen MR) is 117 cm³/mol. The number of nitrogens with one attached hydrogen (secondary N) is 1. The van der Waals surface area contributed by atoms with Crippen molar-refractivity contribution in [3.8, 4) is 11.1 Å². The van der Waals surface area contributed by atoms with E-state index in [1.807, 2.05) is 12.1 Å². The summed E-state index contributed by atoms with van der Waals surface area (Å²) in [5, 5.41) is 12.5. The number of amides is 1. The van der Waals surface area contributed by atoms with E-state index in [0.717, 1.165) is 16.5 Å². The van der Waals surface area contributed by atoms with Crippen LogP contribution in [0.25, 0.3) is 22.1 Å². The Balaban J connectivity index is 1.46. The number of rotatable bonds is 5. The Hall–Kier alpha value is -3.65. The normalized spacial score (nSPS) is 10.8. The quantitative estimate of drug-likeness (QED) is 0.340. The maximum atomic E-state index is 13.1. The van der Waals surface area contributed by atoms with Gasteiger partial charge in [-0.2, -0.15) is 0 Å². The van der Waals surface area contributed by atoms with Crippen LogP contribution in [0.1, 0.15) is 16.1 Å². The molecular formula is C23H15BrFNO5. The third-order valence-corrected chi connectivity index (χ3v) is 5.22.